The van der Waals surface area contributed by atoms with Gasteiger partial charge in [0.1, 0.15) is 12.1 Å². The molecule has 0 aromatic carbocycles. The van der Waals surface area contributed by atoms with Crippen molar-refractivity contribution in [2.75, 3.05) is 18.0 Å². The second kappa shape index (κ2) is 5.35. The molecule has 0 spiro atoms. The summed E-state index contributed by atoms with van der Waals surface area (Å²) < 4.78 is 1.36. The summed E-state index contributed by atoms with van der Waals surface area (Å²) in [5.41, 5.74) is 5.87. The van der Waals surface area contributed by atoms with E-state index in [-0.39, 0.29) is 11.6 Å². The van der Waals surface area contributed by atoms with Gasteiger partial charge in [0, 0.05) is 25.1 Å². The Morgan fingerprint density at radius 1 is 1.68 bits per heavy atom. The number of thiocarbonyl (C=S) groups is 1. The van der Waals surface area contributed by atoms with E-state index in [1.807, 2.05) is 18.7 Å². The van der Waals surface area contributed by atoms with Crippen LogP contribution in [0.1, 0.15) is 13.8 Å². The molecular weight excluding hydrogens is 264 g/mol. The molecule has 0 aliphatic heterocycles. The van der Waals surface area contributed by atoms with E-state index in [1.54, 1.807) is 6.07 Å². The Bertz CT molecular complexity index is 648. The monoisotopic (exact) mass is 280 g/mol. The van der Waals surface area contributed by atoms with Gasteiger partial charge in [0.25, 0.3) is 0 Å². The van der Waals surface area contributed by atoms with E-state index in [1.165, 1.54) is 10.7 Å². The van der Waals surface area contributed by atoms with Crippen molar-refractivity contribution in [2.45, 2.75) is 13.8 Å². The van der Waals surface area contributed by atoms with Gasteiger partial charge in [-0.15, -0.1) is 0 Å². The summed E-state index contributed by atoms with van der Waals surface area (Å²) in [7, 11) is 0. The summed E-state index contributed by atoms with van der Waals surface area (Å²) >= 11 is 4.98. The number of aromatic amines is 1. The molecule has 1 unspecified atom stereocenters. The van der Waals surface area contributed by atoms with E-state index in [0.717, 1.165) is 12.4 Å². The fourth-order valence-electron chi connectivity index (χ4n) is 1.78. The van der Waals surface area contributed by atoms with Gasteiger partial charge in [-0.25, -0.2) is 19.3 Å². The summed E-state index contributed by atoms with van der Waals surface area (Å²) in [5.74, 6) is 0.839. The number of aromatic nitrogens is 4. The molecule has 19 heavy (non-hydrogen) atoms. The van der Waals surface area contributed by atoms with Crippen LogP contribution in [-0.2, 0) is 0 Å². The maximum atomic E-state index is 11.4. The SMILES string of the molecule is CCN(CC(C)C(N)=S)c1cc2n[nH]c(=O)n2cn1. The van der Waals surface area contributed by atoms with Crippen LogP contribution in [-0.4, -0.2) is 37.7 Å². The molecule has 1 atom stereocenters. The second-order valence-electron chi connectivity index (χ2n) is 4.35. The smallest absolute Gasteiger partial charge is 0.348 e. The van der Waals surface area contributed by atoms with Gasteiger partial charge in [-0.1, -0.05) is 19.1 Å². The van der Waals surface area contributed by atoms with Crippen molar-refractivity contribution in [1.82, 2.24) is 19.6 Å². The Morgan fingerprint density at radius 3 is 3.05 bits per heavy atom. The first-order valence-electron chi connectivity index (χ1n) is 6.00. The van der Waals surface area contributed by atoms with Gasteiger partial charge in [0.2, 0.25) is 0 Å². The van der Waals surface area contributed by atoms with Crippen LogP contribution in [0.5, 0.6) is 0 Å². The van der Waals surface area contributed by atoms with Crippen LogP contribution in [0.2, 0.25) is 0 Å². The Labute approximate surface area is 115 Å². The lowest BCUT2D eigenvalue weighted by atomic mass is 10.1. The predicted octanol–water partition coefficient (Wildman–Crippen LogP) is 0.166. The van der Waals surface area contributed by atoms with Crippen LogP contribution >= 0.6 is 12.2 Å². The molecule has 2 rings (SSSR count). The number of rotatable bonds is 5. The number of hydrogen-bond donors (Lipinski definition) is 2. The third-order valence-electron chi connectivity index (χ3n) is 2.98. The fraction of sp³-hybridized carbons (Fsp3) is 0.455. The number of anilines is 1. The van der Waals surface area contributed by atoms with Crippen molar-refractivity contribution in [3.05, 3.63) is 22.9 Å². The molecule has 0 aliphatic rings. The van der Waals surface area contributed by atoms with Crippen LogP contribution in [0.25, 0.3) is 5.65 Å². The molecule has 2 aromatic heterocycles. The van der Waals surface area contributed by atoms with Gasteiger partial charge in [0.15, 0.2) is 5.65 Å². The van der Waals surface area contributed by atoms with Gasteiger partial charge in [-0.3, -0.25) is 0 Å². The second-order valence-corrected chi connectivity index (χ2v) is 4.82. The van der Waals surface area contributed by atoms with E-state index in [9.17, 15) is 4.79 Å². The van der Waals surface area contributed by atoms with Crippen molar-refractivity contribution in [3.63, 3.8) is 0 Å². The third-order valence-corrected chi connectivity index (χ3v) is 3.38. The lowest BCUT2D eigenvalue weighted by Crippen LogP contribution is -2.34. The highest BCUT2D eigenvalue weighted by molar-refractivity contribution is 7.80. The Hall–Kier alpha value is -1.96. The molecule has 3 N–H and O–H groups in total. The van der Waals surface area contributed by atoms with Gasteiger partial charge in [0.05, 0.1) is 4.99 Å². The van der Waals surface area contributed by atoms with Crippen molar-refractivity contribution >= 4 is 28.7 Å². The van der Waals surface area contributed by atoms with Crippen molar-refractivity contribution in [1.29, 1.82) is 0 Å². The summed E-state index contributed by atoms with van der Waals surface area (Å²) in [6.07, 6.45) is 1.46. The molecule has 2 heterocycles. The summed E-state index contributed by atoms with van der Waals surface area (Å²) in [6.45, 7) is 5.45. The fourth-order valence-corrected chi connectivity index (χ4v) is 1.85. The molecule has 7 nitrogen and oxygen atoms in total. The zero-order chi connectivity index (χ0) is 14.0. The van der Waals surface area contributed by atoms with E-state index in [2.05, 4.69) is 15.2 Å². The molecule has 0 aliphatic carbocycles. The van der Waals surface area contributed by atoms with Crippen LogP contribution in [0.4, 0.5) is 5.82 Å². The van der Waals surface area contributed by atoms with E-state index >= 15 is 0 Å². The molecule has 0 amide bonds. The zero-order valence-corrected chi connectivity index (χ0v) is 11.6. The van der Waals surface area contributed by atoms with E-state index < -0.39 is 0 Å². The molecule has 0 fully saturated rings. The lowest BCUT2D eigenvalue weighted by Gasteiger charge is -2.24. The average molecular weight is 280 g/mol. The average Bonchev–Trinajstić information content (AvgIpc) is 2.76. The lowest BCUT2D eigenvalue weighted by molar-refractivity contribution is 0.698. The molecule has 0 radical (unpaired) electrons. The summed E-state index contributed by atoms with van der Waals surface area (Å²) in [5, 5.41) is 6.30. The van der Waals surface area contributed by atoms with Crippen LogP contribution < -0.4 is 16.3 Å². The first kappa shape index (κ1) is 13.5. The highest BCUT2D eigenvalue weighted by Crippen LogP contribution is 2.13. The van der Waals surface area contributed by atoms with Crippen molar-refractivity contribution in [3.8, 4) is 0 Å². The Kier molecular flexibility index (Phi) is 3.79. The number of nitrogens with two attached hydrogens (primary N) is 1. The normalized spacial score (nSPS) is 12.5. The van der Waals surface area contributed by atoms with Crippen molar-refractivity contribution < 1.29 is 0 Å². The predicted molar refractivity (Wildman–Crippen MR) is 77.4 cm³/mol. The Morgan fingerprint density at radius 2 is 2.42 bits per heavy atom. The first-order valence-corrected chi connectivity index (χ1v) is 6.40. The first-order chi connectivity index (χ1) is 9.02. The van der Waals surface area contributed by atoms with Gasteiger partial charge in [-0.05, 0) is 6.92 Å². The Balaban J connectivity index is 2.30. The minimum Gasteiger partial charge on any atom is -0.393 e. The van der Waals surface area contributed by atoms with Crippen LogP contribution in [0.15, 0.2) is 17.2 Å². The van der Waals surface area contributed by atoms with Gasteiger partial charge in [-0.2, -0.15) is 5.10 Å². The highest BCUT2D eigenvalue weighted by Gasteiger charge is 2.13. The summed E-state index contributed by atoms with van der Waals surface area (Å²) in [4.78, 5) is 18.1. The van der Waals surface area contributed by atoms with Gasteiger partial charge >= 0.3 is 5.69 Å². The third kappa shape index (κ3) is 2.73. The number of hydrogen-bond acceptors (Lipinski definition) is 5. The molecular formula is C11H16N6OS. The van der Waals surface area contributed by atoms with Gasteiger partial charge < -0.3 is 10.6 Å². The standard InChI is InChI=1S/C11H16N6OS/c1-3-16(5-7(2)10(12)19)8-4-9-14-15-11(18)17(9)6-13-8/h4,6-7H,3,5H2,1-2H3,(H2,12,19)(H,15,18). The number of nitrogens with zero attached hydrogens (tertiary/aromatic N) is 4. The minimum absolute atomic E-state index is 0.0920. The molecule has 2 aromatic rings. The zero-order valence-electron chi connectivity index (χ0n) is 10.8. The molecule has 0 bridgehead atoms. The number of H-pyrrole nitrogens is 1. The van der Waals surface area contributed by atoms with Crippen LogP contribution in [0.3, 0.4) is 0 Å². The quantitative estimate of drug-likeness (QED) is 0.758. The largest absolute Gasteiger partial charge is 0.393 e. The maximum Gasteiger partial charge on any atom is 0.348 e. The number of fused-ring (bicyclic) bond motifs is 1. The van der Waals surface area contributed by atoms with Crippen molar-refractivity contribution in [2.24, 2.45) is 11.7 Å². The van der Waals surface area contributed by atoms with Crippen LogP contribution in [0, 0.1) is 5.92 Å². The topological polar surface area (TPSA) is 92.3 Å². The molecule has 102 valence electrons. The molecule has 8 heteroatoms. The number of nitrogens with one attached hydrogen (secondary N) is 1. The molecule has 0 saturated heterocycles. The summed E-state index contributed by atoms with van der Waals surface area (Å²) in [6, 6.07) is 1.76. The highest BCUT2D eigenvalue weighted by atomic mass is 32.1. The van der Waals surface area contributed by atoms with E-state index in [4.69, 9.17) is 18.0 Å². The minimum atomic E-state index is -0.298. The maximum absolute atomic E-state index is 11.4. The van der Waals surface area contributed by atoms with E-state index in [0.29, 0.717) is 17.2 Å². The molecule has 0 saturated carbocycles.